The van der Waals surface area contributed by atoms with E-state index in [1.165, 1.54) is 11.1 Å². The summed E-state index contributed by atoms with van der Waals surface area (Å²) in [5.74, 6) is 0.894. The topological polar surface area (TPSA) is 22.4 Å². The van der Waals surface area contributed by atoms with Gasteiger partial charge in [0.15, 0.2) is 0 Å². The fraction of sp³-hybridized carbons (Fsp3) is 0.200. The normalized spacial score (nSPS) is 10.6. The standard InChI is InChI=1S/C20H20O2/c1-2-6-16-9-10-20(19(13-16)18-11-12-21-15-18)22-14-17-7-4-3-5-8-17/h3-5,7-13,15H,2,6,14H2,1H3. The molecule has 0 radical (unpaired) electrons. The predicted molar refractivity (Wildman–Crippen MR) is 88.9 cm³/mol. The van der Waals surface area contributed by atoms with Crippen LogP contribution in [0.15, 0.2) is 71.5 Å². The first kappa shape index (κ1) is 14.5. The third-order valence-corrected chi connectivity index (χ3v) is 3.65. The van der Waals surface area contributed by atoms with Crippen molar-refractivity contribution in [3.8, 4) is 16.9 Å². The van der Waals surface area contributed by atoms with E-state index in [0.29, 0.717) is 6.61 Å². The molecule has 0 atom stereocenters. The van der Waals surface area contributed by atoms with Gasteiger partial charge in [0.2, 0.25) is 0 Å². The summed E-state index contributed by atoms with van der Waals surface area (Å²) in [4.78, 5) is 0. The molecule has 1 aromatic heterocycles. The number of hydrogen-bond donors (Lipinski definition) is 0. The second-order valence-electron chi connectivity index (χ2n) is 5.37. The zero-order chi connectivity index (χ0) is 15.2. The molecule has 0 aliphatic rings. The third-order valence-electron chi connectivity index (χ3n) is 3.65. The highest BCUT2D eigenvalue weighted by atomic mass is 16.5. The number of rotatable bonds is 6. The van der Waals surface area contributed by atoms with Gasteiger partial charge in [-0.15, -0.1) is 0 Å². The number of aryl methyl sites for hydroxylation is 1. The van der Waals surface area contributed by atoms with Crippen LogP contribution in [0.1, 0.15) is 24.5 Å². The lowest BCUT2D eigenvalue weighted by atomic mass is 10.0. The molecule has 0 aliphatic carbocycles. The molecule has 1 heterocycles. The molecular weight excluding hydrogens is 272 g/mol. The average Bonchev–Trinajstić information content (AvgIpc) is 3.09. The van der Waals surface area contributed by atoms with Gasteiger partial charge in [-0.05, 0) is 35.7 Å². The van der Waals surface area contributed by atoms with Crippen molar-refractivity contribution in [2.45, 2.75) is 26.4 Å². The van der Waals surface area contributed by atoms with Crippen molar-refractivity contribution in [1.82, 2.24) is 0 Å². The molecule has 2 aromatic carbocycles. The van der Waals surface area contributed by atoms with E-state index in [4.69, 9.17) is 9.15 Å². The second kappa shape index (κ2) is 6.99. The number of hydrogen-bond acceptors (Lipinski definition) is 2. The van der Waals surface area contributed by atoms with E-state index < -0.39 is 0 Å². The number of ether oxygens (including phenoxy) is 1. The lowest BCUT2D eigenvalue weighted by Gasteiger charge is -2.12. The Morgan fingerprint density at radius 1 is 0.955 bits per heavy atom. The van der Waals surface area contributed by atoms with Crippen LogP contribution < -0.4 is 4.74 Å². The van der Waals surface area contributed by atoms with Gasteiger partial charge in [0.05, 0.1) is 12.5 Å². The highest BCUT2D eigenvalue weighted by Crippen LogP contribution is 2.32. The van der Waals surface area contributed by atoms with Gasteiger partial charge in [0.1, 0.15) is 12.4 Å². The summed E-state index contributed by atoms with van der Waals surface area (Å²) in [5.41, 5.74) is 4.64. The minimum absolute atomic E-state index is 0.568. The summed E-state index contributed by atoms with van der Waals surface area (Å²) in [6.07, 6.45) is 5.67. The first-order valence-corrected chi connectivity index (χ1v) is 7.69. The van der Waals surface area contributed by atoms with Gasteiger partial charge < -0.3 is 9.15 Å². The Morgan fingerprint density at radius 2 is 1.82 bits per heavy atom. The molecule has 22 heavy (non-hydrogen) atoms. The van der Waals surface area contributed by atoms with Crippen molar-refractivity contribution in [2.24, 2.45) is 0 Å². The Kier molecular flexibility index (Phi) is 4.59. The SMILES string of the molecule is CCCc1ccc(OCc2ccccc2)c(-c2ccoc2)c1. The minimum atomic E-state index is 0.568. The fourth-order valence-electron chi connectivity index (χ4n) is 2.53. The summed E-state index contributed by atoms with van der Waals surface area (Å²) in [5, 5.41) is 0. The highest BCUT2D eigenvalue weighted by Gasteiger charge is 2.09. The van der Waals surface area contributed by atoms with Crippen molar-refractivity contribution in [1.29, 1.82) is 0 Å². The zero-order valence-corrected chi connectivity index (χ0v) is 12.8. The number of furan rings is 1. The Balaban J connectivity index is 1.86. The van der Waals surface area contributed by atoms with Crippen LogP contribution in [0.4, 0.5) is 0 Å². The molecule has 0 amide bonds. The van der Waals surface area contributed by atoms with Crippen LogP contribution in [0.2, 0.25) is 0 Å². The van der Waals surface area contributed by atoms with E-state index >= 15 is 0 Å². The van der Waals surface area contributed by atoms with E-state index in [9.17, 15) is 0 Å². The maximum absolute atomic E-state index is 6.04. The van der Waals surface area contributed by atoms with E-state index in [2.05, 4.69) is 37.3 Å². The molecule has 0 unspecified atom stereocenters. The predicted octanol–water partition coefficient (Wildman–Crippen LogP) is 5.48. The molecule has 0 aliphatic heterocycles. The fourth-order valence-corrected chi connectivity index (χ4v) is 2.53. The first-order valence-electron chi connectivity index (χ1n) is 7.69. The highest BCUT2D eigenvalue weighted by molar-refractivity contribution is 5.70. The summed E-state index contributed by atoms with van der Waals surface area (Å²) < 4.78 is 11.3. The molecule has 0 spiro atoms. The number of benzene rings is 2. The summed E-state index contributed by atoms with van der Waals surface area (Å²) in [7, 11) is 0. The Morgan fingerprint density at radius 3 is 2.55 bits per heavy atom. The Labute approximate surface area is 131 Å². The summed E-state index contributed by atoms with van der Waals surface area (Å²) in [6, 6.07) is 18.6. The molecule has 3 aromatic rings. The van der Waals surface area contributed by atoms with Crippen LogP contribution in [-0.2, 0) is 13.0 Å². The molecule has 0 bridgehead atoms. The monoisotopic (exact) mass is 292 g/mol. The van der Waals surface area contributed by atoms with E-state index in [1.54, 1.807) is 12.5 Å². The van der Waals surface area contributed by atoms with Gasteiger partial charge in [0, 0.05) is 11.1 Å². The van der Waals surface area contributed by atoms with Gasteiger partial charge in [0.25, 0.3) is 0 Å². The van der Waals surface area contributed by atoms with Gasteiger partial charge in [-0.1, -0.05) is 49.7 Å². The molecule has 0 N–H and O–H groups in total. The summed E-state index contributed by atoms with van der Waals surface area (Å²) in [6.45, 7) is 2.76. The lowest BCUT2D eigenvalue weighted by molar-refractivity contribution is 0.307. The van der Waals surface area contributed by atoms with Gasteiger partial charge in [-0.3, -0.25) is 0 Å². The lowest BCUT2D eigenvalue weighted by Crippen LogP contribution is -1.97. The quantitative estimate of drug-likeness (QED) is 0.600. The molecule has 2 heteroatoms. The molecular formula is C20H20O2. The van der Waals surface area contributed by atoms with Crippen LogP contribution in [0.3, 0.4) is 0 Å². The van der Waals surface area contributed by atoms with Crippen molar-refractivity contribution >= 4 is 0 Å². The molecule has 0 fully saturated rings. The molecule has 3 rings (SSSR count). The van der Waals surface area contributed by atoms with Crippen LogP contribution >= 0.6 is 0 Å². The maximum Gasteiger partial charge on any atom is 0.127 e. The first-order chi connectivity index (χ1) is 10.9. The van der Waals surface area contributed by atoms with Crippen LogP contribution in [-0.4, -0.2) is 0 Å². The molecule has 0 saturated carbocycles. The molecule has 112 valence electrons. The van der Waals surface area contributed by atoms with Gasteiger partial charge in [-0.2, -0.15) is 0 Å². The van der Waals surface area contributed by atoms with Crippen molar-refractivity contribution in [3.05, 3.63) is 78.3 Å². The Hall–Kier alpha value is -2.48. The van der Waals surface area contributed by atoms with E-state index in [0.717, 1.165) is 29.7 Å². The van der Waals surface area contributed by atoms with Gasteiger partial charge in [-0.25, -0.2) is 0 Å². The zero-order valence-electron chi connectivity index (χ0n) is 12.8. The average molecular weight is 292 g/mol. The molecule has 2 nitrogen and oxygen atoms in total. The second-order valence-corrected chi connectivity index (χ2v) is 5.37. The van der Waals surface area contributed by atoms with Crippen molar-refractivity contribution < 1.29 is 9.15 Å². The maximum atomic E-state index is 6.04. The smallest absolute Gasteiger partial charge is 0.127 e. The van der Waals surface area contributed by atoms with Crippen LogP contribution in [0.25, 0.3) is 11.1 Å². The summed E-state index contributed by atoms with van der Waals surface area (Å²) >= 11 is 0. The molecule has 0 saturated heterocycles. The largest absolute Gasteiger partial charge is 0.488 e. The minimum Gasteiger partial charge on any atom is -0.488 e. The van der Waals surface area contributed by atoms with E-state index in [-0.39, 0.29) is 0 Å². The van der Waals surface area contributed by atoms with E-state index in [1.807, 2.05) is 24.3 Å². The van der Waals surface area contributed by atoms with Crippen molar-refractivity contribution in [2.75, 3.05) is 0 Å². The van der Waals surface area contributed by atoms with Crippen LogP contribution in [0, 0.1) is 0 Å². The Bertz CT molecular complexity index is 700. The van der Waals surface area contributed by atoms with Gasteiger partial charge >= 0.3 is 0 Å². The van der Waals surface area contributed by atoms with Crippen molar-refractivity contribution in [3.63, 3.8) is 0 Å². The van der Waals surface area contributed by atoms with Crippen LogP contribution in [0.5, 0.6) is 5.75 Å². The third kappa shape index (κ3) is 3.40.